The van der Waals surface area contributed by atoms with Gasteiger partial charge in [-0.05, 0) is 31.2 Å². The first-order valence-electron chi connectivity index (χ1n) is 7.42. The second-order valence-corrected chi connectivity index (χ2v) is 6.39. The number of hydrogen-bond acceptors (Lipinski definition) is 4. The Hall–Kier alpha value is -2.47. The Morgan fingerprint density at radius 2 is 1.75 bits per heavy atom. The lowest BCUT2D eigenvalue weighted by Crippen LogP contribution is -2.04. The second-order valence-electron chi connectivity index (χ2n) is 5.45. The van der Waals surface area contributed by atoms with Crippen LogP contribution in [0.4, 0.5) is 4.39 Å². The minimum absolute atomic E-state index is 0.0696. The third kappa shape index (κ3) is 3.54. The van der Waals surface area contributed by atoms with Gasteiger partial charge in [0.15, 0.2) is 16.8 Å². The highest BCUT2D eigenvalue weighted by molar-refractivity contribution is 7.99. The molecule has 0 aliphatic heterocycles. The first kappa shape index (κ1) is 16.4. The van der Waals surface area contributed by atoms with Crippen LogP contribution in [0.25, 0.3) is 11.4 Å². The summed E-state index contributed by atoms with van der Waals surface area (Å²) in [5.41, 5.74) is 2.65. The van der Waals surface area contributed by atoms with Crippen LogP contribution in [0.15, 0.2) is 53.7 Å². The van der Waals surface area contributed by atoms with Gasteiger partial charge in [0.05, 0.1) is 5.75 Å². The average molecular weight is 341 g/mol. The highest BCUT2D eigenvalue weighted by Gasteiger charge is 2.13. The number of nitrogens with zero attached hydrogens (tertiary/aromatic N) is 3. The molecule has 0 radical (unpaired) electrons. The van der Waals surface area contributed by atoms with Crippen LogP contribution in [0.3, 0.4) is 0 Å². The zero-order chi connectivity index (χ0) is 17.1. The molecule has 2 aromatic carbocycles. The molecule has 0 fully saturated rings. The molecule has 0 spiro atoms. The van der Waals surface area contributed by atoms with E-state index in [4.69, 9.17) is 0 Å². The van der Waals surface area contributed by atoms with Crippen LogP contribution in [0.1, 0.15) is 15.9 Å². The van der Waals surface area contributed by atoms with Crippen LogP contribution >= 0.6 is 11.8 Å². The second kappa shape index (κ2) is 6.97. The predicted molar refractivity (Wildman–Crippen MR) is 92.6 cm³/mol. The molecule has 1 aromatic heterocycles. The van der Waals surface area contributed by atoms with E-state index in [-0.39, 0.29) is 17.4 Å². The standard InChI is InChI=1S/C18H16FN3OS/c1-12-3-5-14(6-4-12)17-20-21-18(22(17)2)24-11-16(23)13-7-9-15(19)10-8-13/h3-10H,11H2,1-2H3. The number of hydrogen-bond donors (Lipinski definition) is 0. The van der Waals surface area contributed by atoms with E-state index in [1.54, 1.807) is 0 Å². The summed E-state index contributed by atoms with van der Waals surface area (Å²) in [5.74, 6) is 0.563. The number of aromatic nitrogens is 3. The molecule has 0 aliphatic carbocycles. The van der Waals surface area contributed by atoms with E-state index in [0.717, 1.165) is 11.4 Å². The van der Waals surface area contributed by atoms with Gasteiger partial charge in [0.25, 0.3) is 0 Å². The summed E-state index contributed by atoms with van der Waals surface area (Å²) in [4.78, 5) is 12.2. The summed E-state index contributed by atoms with van der Waals surface area (Å²) >= 11 is 1.32. The van der Waals surface area contributed by atoms with Crippen molar-refractivity contribution in [1.29, 1.82) is 0 Å². The van der Waals surface area contributed by atoms with E-state index in [1.807, 2.05) is 42.8 Å². The number of thioether (sulfide) groups is 1. The van der Waals surface area contributed by atoms with Crippen LogP contribution in [-0.2, 0) is 7.05 Å². The van der Waals surface area contributed by atoms with Crippen molar-refractivity contribution in [3.05, 3.63) is 65.5 Å². The molecule has 24 heavy (non-hydrogen) atoms. The van der Waals surface area contributed by atoms with E-state index >= 15 is 0 Å². The zero-order valence-corrected chi connectivity index (χ0v) is 14.2. The normalized spacial score (nSPS) is 10.8. The van der Waals surface area contributed by atoms with Crippen LogP contribution < -0.4 is 0 Å². The van der Waals surface area contributed by atoms with Crippen molar-refractivity contribution in [2.24, 2.45) is 7.05 Å². The maximum absolute atomic E-state index is 12.9. The van der Waals surface area contributed by atoms with Crippen LogP contribution in [0.5, 0.6) is 0 Å². The minimum Gasteiger partial charge on any atom is -0.305 e. The Bertz CT molecular complexity index is 857. The summed E-state index contributed by atoms with van der Waals surface area (Å²) in [7, 11) is 1.87. The number of halogens is 1. The third-order valence-corrected chi connectivity index (χ3v) is 4.66. The number of benzene rings is 2. The number of rotatable bonds is 5. The monoisotopic (exact) mass is 341 g/mol. The number of ketones is 1. The van der Waals surface area contributed by atoms with Crippen molar-refractivity contribution in [2.75, 3.05) is 5.75 Å². The topological polar surface area (TPSA) is 47.8 Å². The molecule has 0 saturated heterocycles. The highest BCUT2D eigenvalue weighted by atomic mass is 32.2. The van der Waals surface area contributed by atoms with E-state index in [9.17, 15) is 9.18 Å². The number of aryl methyl sites for hydroxylation is 1. The minimum atomic E-state index is -0.352. The van der Waals surface area contributed by atoms with Crippen molar-refractivity contribution in [3.63, 3.8) is 0 Å². The maximum atomic E-state index is 12.9. The fourth-order valence-electron chi connectivity index (χ4n) is 2.24. The lowest BCUT2D eigenvalue weighted by molar-refractivity contribution is 0.102. The van der Waals surface area contributed by atoms with Crippen molar-refractivity contribution >= 4 is 17.5 Å². The predicted octanol–water partition coefficient (Wildman–Crippen LogP) is 3.90. The number of Topliss-reactive ketones (excluding diaryl/α,β-unsaturated/α-hetero) is 1. The molecule has 4 nitrogen and oxygen atoms in total. The van der Waals surface area contributed by atoms with E-state index in [0.29, 0.717) is 10.7 Å². The molecule has 0 amide bonds. The lowest BCUT2D eigenvalue weighted by atomic mass is 10.1. The third-order valence-electron chi connectivity index (χ3n) is 3.64. The fourth-order valence-corrected chi connectivity index (χ4v) is 3.05. The number of carbonyl (C=O) groups is 1. The summed E-state index contributed by atoms with van der Waals surface area (Å²) in [5, 5.41) is 9.03. The van der Waals surface area contributed by atoms with Gasteiger partial charge in [-0.25, -0.2) is 4.39 Å². The van der Waals surface area contributed by atoms with E-state index in [1.165, 1.54) is 41.6 Å². The van der Waals surface area contributed by atoms with Gasteiger partial charge in [-0.2, -0.15) is 0 Å². The Morgan fingerprint density at radius 1 is 1.08 bits per heavy atom. The van der Waals surface area contributed by atoms with Gasteiger partial charge >= 0.3 is 0 Å². The Labute approximate surface area is 143 Å². The van der Waals surface area contributed by atoms with Gasteiger partial charge in [-0.1, -0.05) is 41.6 Å². The zero-order valence-electron chi connectivity index (χ0n) is 13.4. The molecule has 0 N–H and O–H groups in total. The van der Waals surface area contributed by atoms with Gasteiger partial charge in [0, 0.05) is 18.2 Å². The SMILES string of the molecule is Cc1ccc(-c2nnc(SCC(=O)c3ccc(F)cc3)n2C)cc1. The van der Waals surface area contributed by atoms with Crippen molar-refractivity contribution in [1.82, 2.24) is 14.8 Å². The Kier molecular flexibility index (Phi) is 4.76. The van der Waals surface area contributed by atoms with Crippen LogP contribution in [-0.4, -0.2) is 26.3 Å². The lowest BCUT2D eigenvalue weighted by Gasteiger charge is -2.04. The highest BCUT2D eigenvalue weighted by Crippen LogP contribution is 2.23. The Morgan fingerprint density at radius 3 is 2.42 bits per heavy atom. The molecule has 6 heteroatoms. The molecule has 0 unspecified atom stereocenters. The van der Waals surface area contributed by atoms with Gasteiger partial charge in [-0.3, -0.25) is 4.79 Å². The largest absolute Gasteiger partial charge is 0.305 e. The molecular formula is C18H16FN3OS. The quantitative estimate of drug-likeness (QED) is 0.521. The van der Waals surface area contributed by atoms with E-state index < -0.39 is 0 Å². The first-order chi connectivity index (χ1) is 11.5. The van der Waals surface area contributed by atoms with Crippen molar-refractivity contribution in [2.45, 2.75) is 12.1 Å². The van der Waals surface area contributed by atoms with Crippen LogP contribution in [0, 0.1) is 12.7 Å². The molecule has 1 heterocycles. The van der Waals surface area contributed by atoms with E-state index in [2.05, 4.69) is 10.2 Å². The molecule has 122 valence electrons. The number of carbonyl (C=O) groups excluding carboxylic acids is 1. The molecular weight excluding hydrogens is 325 g/mol. The molecule has 0 saturated carbocycles. The molecule has 0 atom stereocenters. The van der Waals surface area contributed by atoms with Gasteiger partial charge in [0.1, 0.15) is 5.82 Å². The maximum Gasteiger partial charge on any atom is 0.191 e. The van der Waals surface area contributed by atoms with Crippen molar-refractivity contribution in [3.8, 4) is 11.4 Å². The summed E-state index contributed by atoms with van der Waals surface area (Å²) < 4.78 is 14.8. The summed E-state index contributed by atoms with van der Waals surface area (Å²) in [6.07, 6.45) is 0. The molecule has 0 bridgehead atoms. The van der Waals surface area contributed by atoms with Crippen molar-refractivity contribution < 1.29 is 9.18 Å². The Balaban J connectivity index is 1.71. The van der Waals surface area contributed by atoms with Crippen LogP contribution in [0.2, 0.25) is 0 Å². The summed E-state index contributed by atoms with van der Waals surface area (Å²) in [6, 6.07) is 13.6. The van der Waals surface area contributed by atoms with Gasteiger partial charge < -0.3 is 4.57 Å². The summed E-state index contributed by atoms with van der Waals surface area (Å²) in [6.45, 7) is 2.03. The first-order valence-corrected chi connectivity index (χ1v) is 8.41. The fraction of sp³-hybridized carbons (Fsp3) is 0.167. The molecule has 3 aromatic rings. The average Bonchev–Trinajstić information content (AvgIpc) is 2.95. The smallest absolute Gasteiger partial charge is 0.191 e. The van der Waals surface area contributed by atoms with Gasteiger partial charge in [-0.15, -0.1) is 10.2 Å². The molecule has 3 rings (SSSR count). The van der Waals surface area contributed by atoms with Gasteiger partial charge in [0.2, 0.25) is 0 Å². The molecule has 0 aliphatic rings.